The molecular weight excluding hydrogens is 244 g/mol. The molecule has 0 atom stereocenters. The third kappa shape index (κ3) is 2.69. The largest absolute Gasteiger partial charge is 0.355 e. The van der Waals surface area contributed by atoms with E-state index in [1.54, 1.807) is 0 Å². The number of hydrogen-bond acceptors (Lipinski definition) is 2. The lowest BCUT2D eigenvalue weighted by Crippen LogP contribution is -1.94. The van der Waals surface area contributed by atoms with Gasteiger partial charge in [-0.3, -0.25) is 4.98 Å². The lowest BCUT2D eigenvalue weighted by atomic mass is 10.1. The summed E-state index contributed by atoms with van der Waals surface area (Å²) in [5.74, 6) is 0. The third-order valence-corrected chi connectivity index (χ3v) is 3.17. The summed E-state index contributed by atoms with van der Waals surface area (Å²) >= 11 is 0. The lowest BCUT2D eigenvalue weighted by Gasteiger charge is -2.12. The number of aryl methyl sites for hydroxylation is 1. The van der Waals surface area contributed by atoms with Gasteiger partial charge in [0.05, 0.1) is 5.69 Å². The minimum Gasteiger partial charge on any atom is -0.355 e. The molecule has 0 saturated carbocycles. The molecule has 1 N–H and O–H groups in total. The Balaban J connectivity index is 2.03. The molecule has 1 heterocycles. The van der Waals surface area contributed by atoms with Crippen molar-refractivity contribution in [3.8, 4) is 11.3 Å². The molecule has 0 spiro atoms. The van der Waals surface area contributed by atoms with Crippen molar-refractivity contribution in [2.75, 3.05) is 5.32 Å². The van der Waals surface area contributed by atoms with E-state index in [9.17, 15) is 0 Å². The van der Waals surface area contributed by atoms with Crippen LogP contribution in [0.4, 0.5) is 11.4 Å². The van der Waals surface area contributed by atoms with E-state index < -0.39 is 0 Å². The summed E-state index contributed by atoms with van der Waals surface area (Å²) in [4.78, 5) is 4.45. The highest BCUT2D eigenvalue weighted by Gasteiger charge is 2.06. The maximum atomic E-state index is 4.45. The fourth-order valence-electron chi connectivity index (χ4n) is 2.18. The van der Waals surface area contributed by atoms with Crippen molar-refractivity contribution in [1.29, 1.82) is 0 Å². The van der Waals surface area contributed by atoms with Gasteiger partial charge in [0, 0.05) is 23.1 Å². The molecule has 0 radical (unpaired) electrons. The normalized spacial score (nSPS) is 10.2. The Morgan fingerprint density at radius 1 is 0.850 bits per heavy atom. The first-order chi connectivity index (χ1) is 9.83. The van der Waals surface area contributed by atoms with Crippen LogP contribution in [0.5, 0.6) is 0 Å². The quantitative estimate of drug-likeness (QED) is 0.731. The van der Waals surface area contributed by atoms with Gasteiger partial charge in [0.1, 0.15) is 0 Å². The van der Waals surface area contributed by atoms with E-state index >= 15 is 0 Å². The molecule has 0 amide bonds. The highest BCUT2D eigenvalue weighted by molar-refractivity contribution is 5.79. The fourth-order valence-corrected chi connectivity index (χ4v) is 2.18. The highest BCUT2D eigenvalue weighted by atomic mass is 14.9. The van der Waals surface area contributed by atoms with Crippen LogP contribution in [0.25, 0.3) is 11.3 Å². The minimum absolute atomic E-state index is 0.981. The molecule has 20 heavy (non-hydrogen) atoms. The standard InChI is InChI=1S/C18H16N2/c1-14-10-11-18(20-15-7-3-2-4-8-15)16(13-14)17-9-5-6-12-19-17/h2-13,20H,1H3. The van der Waals surface area contributed by atoms with Gasteiger partial charge in [-0.25, -0.2) is 0 Å². The average Bonchev–Trinajstić information content (AvgIpc) is 2.51. The van der Waals surface area contributed by atoms with E-state index in [4.69, 9.17) is 0 Å². The molecule has 98 valence electrons. The molecular formula is C18H16N2. The summed E-state index contributed by atoms with van der Waals surface area (Å²) in [6.45, 7) is 2.10. The predicted octanol–water partition coefficient (Wildman–Crippen LogP) is 4.80. The lowest BCUT2D eigenvalue weighted by molar-refractivity contribution is 1.32. The Morgan fingerprint density at radius 3 is 2.40 bits per heavy atom. The van der Waals surface area contributed by atoms with Crippen molar-refractivity contribution in [2.24, 2.45) is 0 Å². The van der Waals surface area contributed by atoms with Crippen LogP contribution in [-0.2, 0) is 0 Å². The first-order valence-corrected chi connectivity index (χ1v) is 6.67. The van der Waals surface area contributed by atoms with Crippen molar-refractivity contribution >= 4 is 11.4 Å². The van der Waals surface area contributed by atoms with Crippen molar-refractivity contribution in [1.82, 2.24) is 4.98 Å². The molecule has 1 aromatic heterocycles. The molecule has 0 fully saturated rings. The average molecular weight is 260 g/mol. The number of nitrogens with one attached hydrogen (secondary N) is 1. The molecule has 3 aromatic rings. The minimum atomic E-state index is 0.981. The Bertz CT molecular complexity index is 691. The van der Waals surface area contributed by atoms with E-state index in [-0.39, 0.29) is 0 Å². The van der Waals surface area contributed by atoms with Crippen molar-refractivity contribution in [3.05, 3.63) is 78.5 Å². The van der Waals surface area contributed by atoms with Gasteiger partial charge in [-0.1, -0.05) is 35.9 Å². The molecule has 3 rings (SSSR count). The van der Waals surface area contributed by atoms with Gasteiger partial charge >= 0.3 is 0 Å². The van der Waals surface area contributed by atoms with Gasteiger partial charge in [0.2, 0.25) is 0 Å². The molecule has 2 heteroatoms. The van der Waals surface area contributed by atoms with E-state index in [0.29, 0.717) is 0 Å². The van der Waals surface area contributed by atoms with Crippen LogP contribution in [0.15, 0.2) is 72.9 Å². The zero-order chi connectivity index (χ0) is 13.8. The van der Waals surface area contributed by atoms with E-state index in [2.05, 4.69) is 47.6 Å². The number of nitrogens with zero attached hydrogens (tertiary/aromatic N) is 1. The number of benzene rings is 2. The molecule has 0 aliphatic rings. The first-order valence-electron chi connectivity index (χ1n) is 6.67. The Labute approximate surface area is 119 Å². The monoisotopic (exact) mass is 260 g/mol. The number of aromatic nitrogens is 1. The molecule has 0 bridgehead atoms. The summed E-state index contributed by atoms with van der Waals surface area (Å²) in [6, 6.07) is 22.5. The topological polar surface area (TPSA) is 24.9 Å². The second kappa shape index (κ2) is 5.57. The van der Waals surface area contributed by atoms with Gasteiger partial charge in [0.25, 0.3) is 0 Å². The molecule has 0 saturated heterocycles. The van der Waals surface area contributed by atoms with Gasteiger partial charge < -0.3 is 5.32 Å². The van der Waals surface area contributed by atoms with Crippen LogP contribution in [-0.4, -0.2) is 4.98 Å². The smallest absolute Gasteiger partial charge is 0.0722 e. The number of pyridine rings is 1. The van der Waals surface area contributed by atoms with Gasteiger partial charge in [-0.05, 0) is 43.3 Å². The van der Waals surface area contributed by atoms with Crippen molar-refractivity contribution in [3.63, 3.8) is 0 Å². The van der Waals surface area contributed by atoms with Crippen LogP contribution < -0.4 is 5.32 Å². The van der Waals surface area contributed by atoms with Crippen LogP contribution in [0.3, 0.4) is 0 Å². The molecule has 0 unspecified atom stereocenters. The van der Waals surface area contributed by atoms with Crippen LogP contribution in [0.1, 0.15) is 5.56 Å². The SMILES string of the molecule is Cc1ccc(Nc2ccccc2)c(-c2ccccn2)c1. The van der Waals surface area contributed by atoms with E-state index in [1.807, 2.05) is 42.6 Å². The van der Waals surface area contributed by atoms with Crippen LogP contribution >= 0.6 is 0 Å². The van der Waals surface area contributed by atoms with E-state index in [0.717, 1.165) is 22.6 Å². The molecule has 0 aliphatic heterocycles. The Kier molecular flexibility index (Phi) is 3.46. The number of anilines is 2. The number of para-hydroxylation sites is 1. The van der Waals surface area contributed by atoms with Gasteiger partial charge in [-0.15, -0.1) is 0 Å². The van der Waals surface area contributed by atoms with Crippen molar-refractivity contribution < 1.29 is 0 Å². The maximum absolute atomic E-state index is 4.45. The molecule has 0 aliphatic carbocycles. The number of hydrogen-bond donors (Lipinski definition) is 1. The predicted molar refractivity (Wildman–Crippen MR) is 84.1 cm³/mol. The Morgan fingerprint density at radius 2 is 1.65 bits per heavy atom. The third-order valence-electron chi connectivity index (χ3n) is 3.17. The molecule has 2 nitrogen and oxygen atoms in total. The first kappa shape index (κ1) is 12.4. The zero-order valence-electron chi connectivity index (χ0n) is 11.4. The summed E-state index contributed by atoms with van der Waals surface area (Å²) in [7, 11) is 0. The molecule has 2 aromatic carbocycles. The number of rotatable bonds is 3. The second-order valence-electron chi connectivity index (χ2n) is 4.76. The van der Waals surface area contributed by atoms with Crippen LogP contribution in [0.2, 0.25) is 0 Å². The second-order valence-corrected chi connectivity index (χ2v) is 4.76. The highest BCUT2D eigenvalue weighted by Crippen LogP contribution is 2.29. The fraction of sp³-hybridized carbons (Fsp3) is 0.0556. The Hall–Kier alpha value is -2.61. The summed E-state index contributed by atoms with van der Waals surface area (Å²) in [5, 5.41) is 3.46. The van der Waals surface area contributed by atoms with Gasteiger partial charge in [0.15, 0.2) is 0 Å². The summed E-state index contributed by atoms with van der Waals surface area (Å²) in [6.07, 6.45) is 1.82. The van der Waals surface area contributed by atoms with Crippen molar-refractivity contribution in [2.45, 2.75) is 6.92 Å². The maximum Gasteiger partial charge on any atom is 0.0722 e. The van der Waals surface area contributed by atoms with Gasteiger partial charge in [-0.2, -0.15) is 0 Å². The van der Waals surface area contributed by atoms with Crippen LogP contribution in [0, 0.1) is 6.92 Å². The summed E-state index contributed by atoms with van der Waals surface area (Å²) in [5.41, 5.74) is 5.47. The van der Waals surface area contributed by atoms with E-state index in [1.165, 1.54) is 5.56 Å². The zero-order valence-corrected chi connectivity index (χ0v) is 11.4. The summed E-state index contributed by atoms with van der Waals surface area (Å²) < 4.78 is 0.